The monoisotopic (exact) mass is 267 g/mol. The van der Waals surface area contributed by atoms with Crippen molar-refractivity contribution in [2.24, 2.45) is 23.7 Å². The fourth-order valence-corrected chi connectivity index (χ4v) is 4.02. The van der Waals surface area contributed by atoms with E-state index in [4.69, 9.17) is 4.74 Å². The van der Waals surface area contributed by atoms with E-state index < -0.39 is 0 Å². The minimum atomic E-state index is 0.749. The fraction of sp³-hybridized carbons (Fsp3) is 1.00. The molecule has 4 unspecified atom stereocenters. The molecule has 0 spiro atoms. The lowest BCUT2D eigenvalue weighted by Crippen LogP contribution is -2.46. The van der Waals surface area contributed by atoms with Crippen LogP contribution in [0.15, 0.2) is 0 Å². The molecule has 1 aliphatic carbocycles. The minimum Gasteiger partial charge on any atom is -0.381 e. The first kappa shape index (κ1) is 15.3. The summed E-state index contributed by atoms with van der Waals surface area (Å²) in [7, 11) is 0. The smallest absolute Gasteiger partial charge is 0.0469 e. The summed E-state index contributed by atoms with van der Waals surface area (Å²) in [6.07, 6.45) is 8.07. The zero-order chi connectivity index (χ0) is 13.7. The van der Waals surface area contributed by atoms with Crippen LogP contribution in [0, 0.1) is 23.7 Å². The lowest BCUT2D eigenvalue weighted by molar-refractivity contribution is 0.0344. The van der Waals surface area contributed by atoms with Gasteiger partial charge in [-0.05, 0) is 62.3 Å². The van der Waals surface area contributed by atoms with Crippen LogP contribution in [0.5, 0.6) is 0 Å². The average Bonchev–Trinajstić information content (AvgIpc) is 2.44. The highest BCUT2D eigenvalue weighted by Crippen LogP contribution is 2.38. The lowest BCUT2D eigenvalue weighted by atomic mass is 9.70. The van der Waals surface area contributed by atoms with Crippen molar-refractivity contribution >= 4 is 0 Å². The SMILES string of the molecule is CCCNC(C1CCOCC1)C1CCC(C)C(C)C1. The van der Waals surface area contributed by atoms with Crippen molar-refractivity contribution in [3.63, 3.8) is 0 Å². The predicted octanol–water partition coefficient (Wildman–Crippen LogP) is 3.85. The van der Waals surface area contributed by atoms with Crippen LogP contribution >= 0.6 is 0 Å². The molecule has 1 N–H and O–H groups in total. The van der Waals surface area contributed by atoms with Crippen molar-refractivity contribution < 1.29 is 4.74 Å². The van der Waals surface area contributed by atoms with Gasteiger partial charge in [0.25, 0.3) is 0 Å². The summed E-state index contributed by atoms with van der Waals surface area (Å²) < 4.78 is 5.55. The largest absolute Gasteiger partial charge is 0.381 e. The summed E-state index contributed by atoms with van der Waals surface area (Å²) in [6.45, 7) is 10.3. The van der Waals surface area contributed by atoms with Crippen molar-refractivity contribution in [1.29, 1.82) is 0 Å². The summed E-state index contributed by atoms with van der Waals surface area (Å²) in [5.74, 6) is 3.59. The molecule has 2 nitrogen and oxygen atoms in total. The molecule has 0 bridgehead atoms. The highest BCUT2D eigenvalue weighted by Gasteiger charge is 2.34. The Balaban J connectivity index is 1.95. The van der Waals surface area contributed by atoms with E-state index in [1.807, 2.05) is 0 Å². The van der Waals surface area contributed by atoms with E-state index >= 15 is 0 Å². The third-order valence-corrected chi connectivity index (χ3v) is 5.55. The van der Waals surface area contributed by atoms with Gasteiger partial charge in [0.2, 0.25) is 0 Å². The molecular formula is C17H33NO. The molecule has 1 saturated heterocycles. The molecule has 2 aliphatic rings. The van der Waals surface area contributed by atoms with Crippen LogP contribution in [-0.2, 0) is 4.74 Å². The number of nitrogens with one attached hydrogen (secondary N) is 1. The molecule has 2 fully saturated rings. The average molecular weight is 267 g/mol. The van der Waals surface area contributed by atoms with Gasteiger partial charge in [0, 0.05) is 19.3 Å². The van der Waals surface area contributed by atoms with Crippen LogP contribution in [0.3, 0.4) is 0 Å². The molecule has 4 atom stereocenters. The molecule has 0 amide bonds. The first-order valence-corrected chi connectivity index (χ1v) is 8.53. The third-order valence-electron chi connectivity index (χ3n) is 5.55. The van der Waals surface area contributed by atoms with Gasteiger partial charge >= 0.3 is 0 Å². The molecule has 1 heterocycles. The van der Waals surface area contributed by atoms with Crippen molar-refractivity contribution in [2.75, 3.05) is 19.8 Å². The van der Waals surface area contributed by atoms with Crippen LogP contribution in [0.25, 0.3) is 0 Å². The van der Waals surface area contributed by atoms with Gasteiger partial charge in [0.15, 0.2) is 0 Å². The molecule has 1 saturated carbocycles. The normalized spacial score (nSPS) is 35.2. The number of hydrogen-bond donors (Lipinski definition) is 1. The van der Waals surface area contributed by atoms with E-state index in [1.54, 1.807) is 0 Å². The Labute approximate surface area is 119 Å². The predicted molar refractivity (Wildman–Crippen MR) is 81.3 cm³/mol. The fourth-order valence-electron chi connectivity index (χ4n) is 4.02. The van der Waals surface area contributed by atoms with Gasteiger partial charge in [-0.25, -0.2) is 0 Å². The summed E-state index contributed by atoms with van der Waals surface area (Å²) in [5.41, 5.74) is 0. The molecule has 0 aromatic carbocycles. The highest BCUT2D eigenvalue weighted by atomic mass is 16.5. The third kappa shape index (κ3) is 4.19. The first-order chi connectivity index (χ1) is 9.22. The summed E-state index contributed by atoms with van der Waals surface area (Å²) in [5, 5.41) is 3.89. The lowest BCUT2D eigenvalue weighted by Gasteiger charge is -2.41. The second-order valence-electron chi connectivity index (χ2n) is 6.96. The standard InChI is InChI=1S/C17H33NO/c1-4-9-18-17(15-7-10-19-11-8-15)16-6-5-13(2)14(3)12-16/h13-18H,4-12H2,1-3H3. The molecule has 112 valence electrons. The van der Waals surface area contributed by atoms with Crippen molar-refractivity contribution in [1.82, 2.24) is 5.32 Å². The molecule has 19 heavy (non-hydrogen) atoms. The molecular weight excluding hydrogens is 234 g/mol. The summed E-state index contributed by atoms with van der Waals surface area (Å²) in [6, 6.07) is 0.749. The Morgan fingerprint density at radius 1 is 1.00 bits per heavy atom. The van der Waals surface area contributed by atoms with Crippen LogP contribution < -0.4 is 5.32 Å². The van der Waals surface area contributed by atoms with Crippen LogP contribution in [0.1, 0.15) is 59.3 Å². The zero-order valence-electron chi connectivity index (χ0n) is 13.2. The van der Waals surface area contributed by atoms with E-state index in [9.17, 15) is 0 Å². The first-order valence-electron chi connectivity index (χ1n) is 8.53. The van der Waals surface area contributed by atoms with Gasteiger partial charge < -0.3 is 10.1 Å². The topological polar surface area (TPSA) is 21.3 Å². The van der Waals surface area contributed by atoms with Gasteiger partial charge in [-0.15, -0.1) is 0 Å². The Kier molecular flexibility index (Phi) is 6.15. The highest BCUT2D eigenvalue weighted by molar-refractivity contribution is 4.88. The molecule has 0 aromatic heterocycles. The van der Waals surface area contributed by atoms with E-state index in [0.717, 1.165) is 42.9 Å². The van der Waals surface area contributed by atoms with Crippen LogP contribution in [-0.4, -0.2) is 25.8 Å². The molecule has 2 rings (SSSR count). The van der Waals surface area contributed by atoms with E-state index in [-0.39, 0.29) is 0 Å². The van der Waals surface area contributed by atoms with Gasteiger partial charge in [-0.2, -0.15) is 0 Å². The Bertz CT molecular complexity index is 250. The Morgan fingerprint density at radius 2 is 1.74 bits per heavy atom. The second kappa shape index (κ2) is 7.64. The minimum absolute atomic E-state index is 0.749. The number of rotatable bonds is 5. The number of ether oxygens (including phenoxy) is 1. The Morgan fingerprint density at radius 3 is 2.37 bits per heavy atom. The molecule has 0 aromatic rings. The molecule has 2 heteroatoms. The zero-order valence-corrected chi connectivity index (χ0v) is 13.2. The van der Waals surface area contributed by atoms with Crippen LogP contribution in [0.2, 0.25) is 0 Å². The van der Waals surface area contributed by atoms with Gasteiger partial charge in [-0.1, -0.05) is 27.2 Å². The summed E-state index contributed by atoms with van der Waals surface area (Å²) >= 11 is 0. The second-order valence-corrected chi connectivity index (χ2v) is 6.96. The van der Waals surface area contributed by atoms with Gasteiger partial charge in [-0.3, -0.25) is 0 Å². The van der Waals surface area contributed by atoms with E-state index in [1.165, 1.54) is 45.1 Å². The van der Waals surface area contributed by atoms with Crippen molar-refractivity contribution in [3.05, 3.63) is 0 Å². The van der Waals surface area contributed by atoms with E-state index in [2.05, 4.69) is 26.1 Å². The maximum Gasteiger partial charge on any atom is 0.0469 e. The van der Waals surface area contributed by atoms with Crippen molar-refractivity contribution in [3.8, 4) is 0 Å². The van der Waals surface area contributed by atoms with Gasteiger partial charge in [0.05, 0.1) is 0 Å². The van der Waals surface area contributed by atoms with Crippen molar-refractivity contribution in [2.45, 2.75) is 65.3 Å². The summed E-state index contributed by atoms with van der Waals surface area (Å²) in [4.78, 5) is 0. The molecule has 1 aliphatic heterocycles. The maximum absolute atomic E-state index is 5.55. The Hall–Kier alpha value is -0.0800. The van der Waals surface area contributed by atoms with Crippen LogP contribution in [0.4, 0.5) is 0 Å². The quantitative estimate of drug-likeness (QED) is 0.817. The maximum atomic E-state index is 5.55. The van der Waals surface area contributed by atoms with Gasteiger partial charge in [0.1, 0.15) is 0 Å². The number of hydrogen-bond acceptors (Lipinski definition) is 2. The molecule has 0 radical (unpaired) electrons. The van der Waals surface area contributed by atoms with E-state index in [0.29, 0.717) is 0 Å².